The van der Waals surface area contributed by atoms with Crippen molar-refractivity contribution in [3.05, 3.63) is 34.2 Å². The van der Waals surface area contributed by atoms with Gasteiger partial charge in [0.05, 0.1) is 5.56 Å². The van der Waals surface area contributed by atoms with Crippen molar-refractivity contribution in [2.24, 2.45) is 5.92 Å². The average Bonchev–Trinajstić information content (AvgIpc) is 2.45. The Kier molecular flexibility index (Phi) is 6.03. The van der Waals surface area contributed by atoms with E-state index in [1.54, 1.807) is 6.92 Å². The summed E-state index contributed by atoms with van der Waals surface area (Å²) in [4.78, 5) is 46.4. The van der Waals surface area contributed by atoms with Gasteiger partial charge in [0.25, 0.3) is 5.56 Å². The lowest BCUT2D eigenvalue weighted by molar-refractivity contribution is -0.143. The summed E-state index contributed by atoms with van der Waals surface area (Å²) in [6.07, 6.45) is 1.98. The van der Waals surface area contributed by atoms with Gasteiger partial charge in [0.1, 0.15) is 12.6 Å². The molecular formula is C15H20N2O5. The second kappa shape index (κ2) is 7.53. The van der Waals surface area contributed by atoms with Crippen molar-refractivity contribution in [3.8, 4) is 0 Å². The van der Waals surface area contributed by atoms with E-state index in [-0.39, 0.29) is 23.8 Å². The Morgan fingerprint density at radius 1 is 1.36 bits per heavy atom. The Morgan fingerprint density at radius 3 is 2.50 bits per heavy atom. The third-order valence-corrected chi connectivity index (χ3v) is 3.51. The number of nitrogens with zero attached hydrogens (tertiary/aromatic N) is 1. The van der Waals surface area contributed by atoms with Crippen molar-refractivity contribution >= 4 is 17.7 Å². The van der Waals surface area contributed by atoms with Crippen LogP contribution in [0.2, 0.25) is 0 Å². The maximum atomic E-state index is 12.0. The molecule has 0 aromatic carbocycles. The van der Waals surface area contributed by atoms with Crippen molar-refractivity contribution in [2.75, 3.05) is 0 Å². The van der Waals surface area contributed by atoms with E-state index in [2.05, 4.69) is 5.32 Å². The van der Waals surface area contributed by atoms with Crippen LogP contribution in [0.15, 0.2) is 23.1 Å². The van der Waals surface area contributed by atoms with Gasteiger partial charge in [0.15, 0.2) is 5.78 Å². The minimum atomic E-state index is -1.12. The Morgan fingerprint density at radius 2 is 2.00 bits per heavy atom. The number of aromatic nitrogens is 1. The largest absolute Gasteiger partial charge is 0.480 e. The molecule has 0 aliphatic carbocycles. The molecule has 0 saturated carbocycles. The highest BCUT2D eigenvalue weighted by atomic mass is 16.4. The van der Waals surface area contributed by atoms with Gasteiger partial charge in [0, 0.05) is 6.20 Å². The van der Waals surface area contributed by atoms with Crippen LogP contribution in [0.25, 0.3) is 0 Å². The molecule has 7 nitrogen and oxygen atoms in total. The van der Waals surface area contributed by atoms with Gasteiger partial charge in [-0.05, 0) is 25.0 Å². The predicted molar refractivity (Wildman–Crippen MR) is 79.7 cm³/mol. The summed E-state index contributed by atoms with van der Waals surface area (Å²) in [5.41, 5.74) is -0.576. The zero-order valence-electron chi connectivity index (χ0n) is 12.8. The Balaban J connectivity index is 2.89. The Labute approximate surface area is 128 Å². The summed E-state index contributed by atoms with van der Waals surface area (Å²) in [6.45, 7) is 4.49. The molecule has 0 spiro atoms. The van der Waals surface area contributed by atoms with Crippen molar-refractivity contribution < 1.29 is 19.5 Å². The second-order valence-electron chi connectivity index (χ2n) is 5.18. The van der Waals surface area contributed by atoms with E-state index in [0.717, 1.165) is 4.57 Å². The maximum absolute atomic E-state index is 12.0. The van der Waals surface area contributed by atoms with Gasteiger partial charge in [-0.3, -0.25) is 14.4 Å². The molecule has 1 amide bonds. The first-order valence-corrected chi connectivity index (χ1v) is 7.00. The lowest BCUT2D eigenvalue weighted by atomic mass is 9.99. The van der Waals surface area contributed by atoms with Crippen LogP contribution in [0.4, 0.5) is 0 Å². The highest BCUT2D eigenvalue weighted by Crippen LogP contribution is 2.07. The fraction of sp³-hybridized carbons (Fsp3) is 0.467. The number of ketones is 1. The Bertz CT molecular complexity index is 635. The van der Waals surface area contributed by atoms with E-state index in [4.69, 9.17) is 5.11 Å². The fourth-order valence-electron chi connectivity index (χ4n) is 1.99. The van der Waals surface area contributed by atoms with Crippen LogP contribution in [0.5, 0.6) is 0 Å². The monoisotopic (exact) mass is 308 g/mol. The smallest absolute Gasteiger partial charge is 0.326 e. The van der Waals surface area contributed by atoms with E-state index in [1.165, 1.54) is 25.3 Å². The van der Waals surface area contributed by atoms with E-state index in [0.29, 0.717) is 6.42 Å². The number of Topliss-reactive ketones (excluding diaryl/α,β-unsaturated/α-hetero) is 1. The number of carbonyl (C=O) groups excluding carboxylic acids is 2. The molecule has 0 saturated heterocycles. The lowest BCUT2D eigenvalue weighted by Gasteiger charge is -2.20. The van der Waals surface area contributed by atoms with E-state index in [1.807, 2.05) is 6.92 Å². The SMILES string of the molecule is CCC(C)C(NC(=O)Cn1cccc(C(C)=O)c1=O)C(=O)O. The number of pyridine rings is 1. The first-order valence-electron chi connectivity index (χ1n) is 7.00. The molecule has 0 fully saturated rings. The number of nitrogens with one attached hydrogen (secondary N) is 1. The second-order valence-corrected chi connectivity index (χ2v) is 5.18. The quantitative estimate of drug-likeness (QED) is 0.720. The number of hydrogen-bond donors (Lipinski definition) is 2. The van der Waals surface area contributed by atoms with E-state index >= 15 is 0 Å². The van der Waals surface area contributed by atoms with Crippen LogP contribution in [-0.4, -0.2) is 33.4 Å². The van der Waals surface area contributed by atoms with Crippen LogP contribution in [0.3, 0.4) is 0 Å². The molecule has 7 heteroatoms. The first-order chi connectivity index (χ1) is 10.3. The van der Waals surface area contributed by atoms with Crippen LogP contribution in [-0.2, 0) is 16.1 Å². The zero-order valence-corrected chi connectivity index (χ0v) is 12.8. The first kappa shape index (κ1) is 17.6. The lowest BCUT2D eigenvalue weighted by Crippen LogP contribution is -2.47. The fourth-order valence-corrected chi connectivity index (χ4v) is 1.99. The topological polar surface area (TPSA) is 105 Å². The summed E-state index contributed by atoms with van der Waals surface area (Å²) in [7, 11) is 0. The normalized spacial score (nSPS) is 13.2. The average molecular weight is 308 g/mol. The number of carbonyl (C=O) groups is 3. The van der Waals surface area contributed by atoms with Crippen LogP contribution < -0.4 is 10.9 Å². The number of rotatable bonds is 7. The van der Waals surface area contributed by atoms with Crippen molar-refractivity contribution in [1.82, 2.24) is 9.88 Å². The van der Waals surface area contributed by atoms with E-state index < -0.39 is 23.5 Å². The van der Waals surface area contributed by atoms with Gasteiger partial charge in [0.2, 0.25) is 5.91 Å². The summed E-state index contributed by atoms with van der Waals surface area (Å²) >= 11 is 0. The number of amides is 1. The molecule has 1 rings (SSSR count). The molecule has 22 heavy (non-hydrogen) atoms. The summed E-state index contributed by atoms with van der Waals surface area (Å²) in [5.74, 6) is -2.33. The third kappa shape index (κ3) is 4.28. The molecular weight excluding hydrogens is 288 g/mol. The van der Waals surface area contributed by atoms with Gasteiger partial charge in [-0.2, -0.15) is 0 Å². The van der Waals surface area contributed by atoms with Gasteiger partial charge in [-0.15, -0.1) is 0 Å². The molecule has 2 atom stereocenters. The molecule has 0 aliphatic rings. The summed E-state index contributed by atoms with van der Waals surface area (Å²) < 4.78 is 1.08. The summed E-state index contributed by atoms with van der Waals surface area (Å²) in [6, 6.07) is 1.87. The molecule has 2 N–H and O–H groups in total. The Hall–Kier alpha value is -2.44. The molecule has 0 bridgehead atoms. The highest BCUT2D eigenvalue weighted by Gasteiger charge is 2.25. The number of hydrogen-bond acceptors (Lipinski definition) is 4. The van der Waals surface area contributed by atoms with Crippen molar-refractivity contribution in [1.29, 1.82) is 0 Å². The standard InChI is InChI=1S/C15H20N2O5/c1-4-9(2)13(15(21)22)16-12(19)8-17-7-5-6-11(10(3)18)14(17)20/h5-7,9,13H,4,8H2,1-3H3,(H,16,19)(H,21,22). The van der Waals surface area contributed by atoms with Gasteiger partial charge in [-0.25, -0.2) is 4.79 Å². The summed E-state index contributed by atoms with van der Waals surface area (Å²) in [5, 5.41) is 11.5. The zero-order chi connectivity index (χ0) is 16.9. The van der Waals surface area contributed by atoms with Crippen LogP contribution in [0, 0.1) is 5.92 Å². The number of carboxylic acid groups (broad SMARTS) is 1. The number of carboxylic acids is 1. The molecule has 2 unspecified atom stereocenters. The van der Waals surface area contributed by atoms with Gasteiger partial charge in [-0.1, -0.05) is 20.3 Å². The van der Waals surface area contributed by atoms with Crippen molar-refractivity contribution in [3.63, 3.8) is 0 Å². The maximum Gasteiger partial charge on any atom is 0.326 e. The predicted octanol–water partition coefficient (Wildman–Crippen LogP) is 0.666. The molecule has 120 valence electrons. The van der Waals surface area contributed by atoms with Crippen LogP contribution >= 0.6 is 0 Å². The van der Waals surface area contributed by atoms with Gasteiger partial charge < -0.3 is 15.0 Å². The molecule has 0 radical (unpaired) electrons. The minimum absolute atomic E-state index is 0.00740. The van der Waals surface area contributed by atoms with Gasteiger partial charge >= 0.3 is 5.97 Å². The van der Waals surface area contributed by atoms with Crippen molar-refractivity contribution in [2.45, 2.75) is 39.8 Å². The molecule has 1 aromatic heterocycles. The number of aliphatic carboxylic acids is 1. The minimum Gasteiger partial charge on any atom is -0.480 e. The third-order valence-electron chi connectivity index (χ3n) is 3.51. The molecule has 0 aliphatic heterocycles. The van der Waals surface area contributed by atoms with Crippen LogP contribution in [0.1, 0.15) is 37.6 Å². The molecule has 1 aromatic rings. The highest BCUT2D eigenvalue weighted by molar-refractivity contribution is 5.93. The van der Waals surface area contributed by atoms with E-state index in [9.17, 15) is 19.2 Å². The molecule has 1 heterocycles.